The lowest BCUT2D eigenvalue weighted by atomic mass is 10.2. The highest BCUT2D eigenvalue weighted by molar-refractivity contribution is 7.98. The van der Waals surface area contributed by atoms with E-state index in [1.807, 2.05) is 24.5 Å². The first-order valence-electron chi connectivity index (χ1n) is 3.16. The van der Waals surface area contributed by atoms with Gasteiger partial charge >= 0.3 is 0 Å². The van der Waals surface area contributed by atoms with Crippen LogP contribution in [0.15, 0.2) is 23.1 Å². The Morgan fingerprint density at radius 2 is 2.18 bits per heavy atom. The second-order valence-electron chi connectivity index (χ2n) is 2.09. The zero-order valence-electron chi connectivity index (χ0n) is 6.10. The summed E-state index contributed by atoms with van der Waals surface area (Å²) >= 11 is 13.2. The monoisotopic (exact) mass is 206 g/mol. The molecule has 1 rings (SSSR count). The quantitative estimate of drug-likeness (QED) is 0.525. The lowest BCUT2D eigenvalue weighted by Crippen LogP contribution is -1.80. The molecule has 0 unspecified atom stereocenters. The number of hydrogen-bond acceptors (Lipinski definition) is 1. The Morgan fingerprint density at radius 1 is 1.45 bits per heavy atom. The van der Waals surface area contributed by atoms with Crippen LogP contribution >= 0.6 is 35.0 Å². The third-order valence-electron chi connectivity index (χ3n) is 1.40. The fraction of sp³-hybridized carbons (Fsp3) is 0.250. The first-order valence-corrected chi connectivity index (χ1v) is 5.30. The Bertz CT molecular complexity index is 248. The van der Waals surface area contributed by atoms with E-state index >= 15 is 0 Å². The Kier molecular flexibility index (Phi) is 3.57. The van der Waals surface area contributed by atoms with Crippen molar-refractivity contribution in [2.45, 2.75) is 10.8 Å². The normalized spacial score (nSPS) is 10.1. The number of benzene rings is 1. The average molecular weight is 207 g/mol. The topological polar surface area (TPSA) is 0 Å². The van der Waals surface area contributed by atoms with Gasteiger partial charge in [-0.15, -0.1) is 23.4 Å². The number of hydrogen-bond donors (Lipinski definition) is 0. The molecule has 1 aromatic rings. The van der Waals surface area contributed by atoms with E-state index in [1.54, 1.807) is 11.8 Å². The standard InChI is InChI=1S/C8H8Cl2S/c1-11-7-2-3-8(10)6(4-7)5-9/h2-4H,5H2,1H3. The summed E-state index contributed by atoms with van der Waals surface area (Å²) in [5, 5.41) is 0.748. The molecule has 0 spiro atoms. The summed E-state index contributed by atoms with van der Waals surface area (Å²) in [4.78, 5) is 1.20. The van der Waals surface area contributed by atoms with Crippen LogP contribution < -0.4 is 0 Å². The molecule has 0 atom stereocenters. The molecule has 0 radical (unpaired) electrons. The SMILES string of the molecule is CSc1ccc(Cl)c(CCl)c1. The lowest BCUT2D eigenvalue weighted by molar-refractivity contribution is 1.32. The van der Waals surface area contributed by atoms with E-state index in [1.165, 1.54) is 4.90 Å². The smallest absolute Gasteiger partial charge is 0.0489 e. The zero-order valence-corrected chi connectivity index (χ0v) is 8.43. The highest BCUT2D eigenvalue weighted by Gasteiger charge is 1.98. The van der Waals surface area contributed by atoms with Crippen molar-refractivity contribution in [2.75, 3.05) is 6.26 Å². The van der Waals surface area contributed by atoms with Gasteiger partial charge in [-0.2, -0.15) is 0 Å². The van der Waals surface area contributed by atoms with Crippen molar-refractivity contribution in [1.29, 1.82) is 0 Å². The van der Waals surface area contributed by atoms with Gasteiger partial charge in [0.15, 0.2) is 0 Å². The summed E-state index contributed by atoms with van der Waals surface area (Å²) in [6.45, 7) is 0. The van der Waals surface area contributed by atoms with E-state index in [0.717, 1.165) is 10.6 Å². The van der Waals surface area contributed by atoms with Crippen molar-refractivity contribution in [3.8, 4) is 0 Å². The van der Waals surface area contributed by atoms with E-state index in [-0.39, 0.29) is 0 Å². The summed E-state index contributed by atoms with van der Waals surface area (Å²) < 4.78 is 0. The summed E-state index contributed by atoms with van der Waals surface area (Å²) in [7, 11) is 0. The minimum atomic E-state index is 0.479. The maximum Gasteiger partial charge on any atom is 0.0489 e. The molecule has 0 bridgehead atoms. The van der Waals surface area contributed by atoms with Crippen molar-refractivity contribution in [1.82, 2.24) is 0 Å². The predicted octanol–water partition coefficient (Wildman–Crippen LogP) is 3.80. The molecule has 0 aromatic heterocycles. The van der Waals surface area contributed by atoms with Gasteiger partial charge in [-0.05, 0) is 30.0 Å². The van der Waals surface area contributed by atoms with Gasteiger partial charge in [0, 0.05) is 15.8 Å². The average Bonchev–Trinajstić information content (AvgIpc) is 2.05. The zero-order chi connectivity index (χ0) is 8.27. The first kappa shape index (κ1) is 9.24. The van der Waals surface area contributed by atoms with Crippen LogP contribution in [0.25, 0.3) is 0 Å². The van der Waals surface area contributed by atoms with E-state index in [9.17, 15) is 0 Å². The largest absolute Gasteiger partial charge is 0.130 e. The van der Waals surface area contributed by atoms with E-state index in [4.69, 9.17) is 23.2 Å². The van der Waals surface area contributed by atoms with Crippen LogP contribution in [0.4, 0.5) is 0 Å². The molecule has 0 fully saturated rings. The summed E-state index contributed by atoms with van der Waals surface area (Å²) in [6, 6.07) is 5.88. The molecule has 0 aliphatic carbocycles. The van der Waals surface area contributed by atoms with Gasteiger partial charge < -0.3 is 0 Å². The van der Waals surface area contributed by atoms with Gasteiger partial charge in [0.2, 0.25) is 0 Å². The fourth-order valence-electron chi connectivity index (χ4n) is 0.780. The Balaban J connectivity index is 3.02. The summed E-state index contributed by atoms with van der Waals surface area (Å²) in [5.74, 6) is 0.479. The van der Waals surface area contributed by atoms with Crippen LogP contribution in [0, 0.1) is 0 Å². The minimum absolute atomic E-state index is 0.479. The fourth-order valence-corrected chi connectivity index (χ4v) is 1.72. The van der Waals surface area contributed by atoms with Crippen LogP contribution in [0.3, 0.4) is 0 Å². The molecule has 3 heteroatoms. The van der Waals surface area contributed by atoms with Crippen molar-refractivity contribution >= 4 is 35.0 Å². The molecule has 0 amide bonds. The Morgan fingerprint density at radius 3 is 2.73 bits per heavy atom. The molecule has 0 aliphatic rings. The molecule has 11 heavy (non-hydrogen) atoms. The molecular formula is C8H8Cl2S. The van der Waals surface area contributed by atoms with E-state index < -0.39 is 0 Å². The second kappa shape index (κ2) is 4.24. The van der Waals surface area contributed by atoms with Crippen LogP contribution in [-0.2, 0) is 5.88 Å². The van der Waals surface area contributed by atoms with E-state index in [2.05, 4.69) is 0 Å². The van der Waals surface area contributed by atoms with Gasteiger partial charge in [-0.1, -0.05) is 11.6 Å². The van der Waals surface area contributed by atoms with Gasteiger partial charge in [0.25, 0.3) is 0 Å². The molecule has 0 heterocycles. The van der Waals surface area contributed by atoms with E-state index in [0.29, 0.717) is 5.88 Å². The van der Waals surface area contributed by atoms with Crippen LogP contribution in [0.2, 0.25) is 5.02 Å². The number of rotatable bonds is 2. The van der Waals surface area contributed by atoms with Crippen molar-refractivity contribution in [3.05, 3.63) is 28.8 Å². The van der Waals surface area contributed by atoms with Gasteiger partial charge in [0.1, 0.15) is 0 Å². The van der Waals surface area contributed by atoms with Gasteiger partial charge in [-0.25, -0.2) is 0 Å². The van der Waals surface area contributed by atoms with Gasteiger partial charge in [0.05, 0.1) is 0 Å². The lowest BCUT2D eigenvalue weighted by Gasteiger charge is -2.01. The molecule has 0 nitrogen and oxygen atoms in total. The first-order chi connectivity index (χ1) is 5.27. The van der Waals surface area contributed by atoms with Crippen LogP contribution in [0.5, 0.6) is 0 Å². The number of alkyl halides is 1. The Hall–Kier alpha value is 0.150. The van der Waals surface area contributed by atoms with Crippen molar-refractivity contribution < 1.29 is 0 Å². The molecular weight excluding hydrogens is 199 g/mol. The minimum Gasteiger partial charge on any atom is -0.130 e. The van der Waals surface area contributed by atoms with Crippen LogP contribution in [0.1, 0.15) is 5.56 Å². The highest BCUT2D eigenvalue weighted by atomic mass is 35.5. The Labute approximate surface area is 80.9 Å². The summed E-state index contributed by atoms with van der Waals surface area (Å²) in [5.41, 5.74) is 1.00. The highest BCUT2D eigenvalue weighted by Crippen LogP contribution is 2.23. The van der Waals surface area contributed by atoms with Crippen molar-refractivity contribution in [3.63, 3.8) is 0 Å². The third-order valence-corrected chi connectivity index (χ3v) is 2.78. The number of halogens is 2. The molecule has 1 aromatic carbocycles. The second-order valence-corrected chi connectivity index (χ2v) is 3.65. The molecule has 0 saturated heterocycles. The summed E-state index contributed by atoms with van der Waals surface area (Å²) in [6.07, 6.45) is 2.03. The molecule has 0 N–H and O–H groups in total. The maximum absolute atomic E-state index is 5.86. The van der Waals surface area contributed by atoms with Crippen LogP contribution in [-0.4, -0.2) is 6.26 Å². The third kappa shape index (κ3) is 2.29. The predicted molar refractivity (Wildman–Crippen MR) is 52.8 cm³/mol. The van der Waals surface area contributed by atoms with Gasteiger partial charge in [-0.3, -0.25) is 0 Å². The maximum atomic E-state index is 5.86. The molecule has 60 valence electrons. The number of thioether (sulfide) groups is 1. The molecule has 0 saturated carbocycles. The van der Waals surface area contributed by atoms with Crippen molar-refractivity contribution in [2.24, 2.45) is 0 Å². The molecule has 0 aliphatic heterocycles.